The molecule has 1 unspecified atom stereocenters. The maximum Gasteiger partial charge on any atom is 0.311 e. The van der Waals surface area contributed by atoms with E-state index in [1.165, 1.54) is 6.07 Å². The van der Waals surface area contributed by atoms with Crippen molar-refractivity contribution in [3.8, 4) is 0 Å². The van der Waals surface area contributed by atoms with Crippen LogP contribution in [0.4, 0.5) is 0 Å². The normalized spacial score (nSPS) is 21.9. The summed E-state index contributed by atoms with van der Waals surface area (Å²) in [5.41, 5.74) is 0.911. The molecule has 0 amide bonds. The Kier molecular flexibility index (Phi) is 5.36. The zero-order valence-corrected chi connectivity index (χ0v) is 14.1. The van der Waals surface area contributed by atoms with Gasteiger partial charge < -0.3 is 10.1 Å². The quantitative estimate of drug-likeness (QED) is 0.812. The van der Waals surface area contributed by atoms with Crippen molar-refractivity contribution in [3.05, 3.63) is 39.6 Å². The number of carboxylic acid groups (broad SMARTS) is 1. The van der Waals surface area contributed by atoms with Gasteiger partial charge in [0.25, 0.3) is 5.56 Å². The van der Waals surface area contributed by atoms with Gasteiger partial charge in [-0.3, -0.25) is 14.5 Å². The number of rotatable bonds is 5. The molecule has 0 saturated carbocycles. The fraction of sp³-hybridized carbons (Fsp3) is 0.588. The largest absolute Gasteiger partial charge is 0.481 e. The summed E-state index contributed by atoms with van der Waals surface area (Å²) in [6, 6.07) is 1.49. The third-order valence-corrected chi connectivity index (χ3v) is 4.31. The molecule has 2 N–H and O–H groups in total. The molecule has 1 aromatic rings. The van der Waals surface area contributed by atoms with E-state index in [1.807, 2.05) is 19.9 Å². The van der Waals surface area contributed by atoms with Crippen molar-refractivity contribution in [2.24, 2.45) is 5.41 Å². The van der Waals surface area contributed by atoms with Gasteiger partial charge >= 0.3 is 5.97 Å². The number of hydrogen-bond acceptors (Lipinski definition) is 4. The van der Waals surface area contributed by atoms with E-state index in [0.717, 1.165) is 18.5 Å². The molecule has 23 heavy (non-hydrogen) atoms. The minimum absolute atomic E-state index is 0.168. The zero-order chi connectivity index (χ0) is 17.0. The molecule has 0 bridgehead atoms. The number of H-pyrrole nitrogens is 1. The molecule has 1 fully saturated rings. The van der Waals surface area contributed by atoms with Crippen molar-refractivity contribution >= 4 is 5.97 Å². The van der Waals surface area contributed by atoms with E-state index in [9.17, 15) is 14.7 Å². The molecule has 0 aromatic carbocycles. The van der Waals surface area contributed by atoms with Crippen molar-refractivity contribution in [2.75, 3.05) is 13.1 Å². The van der Waals surface area contributed by atoms with E-state index >= 15 is 0 Å². The molecule has 1 aliphatic rings. The molecule has 1 saturated heterocycles. The Morgan fingerprint density at radius 1 is 1.52 bits per heavy atom. The third kappa shape index (κ3) is 4.51. The number of aryl methyl sites for hydroxylation is 1. The molecule has 1 atom stereocenters. The third-order valence-electron chi connectivity index (χ3n) is 4.31. The second-order valence-electron chi connectivity index (χ2n) is 6.71. The van der Waals surface area contributed by atoms with Crippen LogP contribution in [0, 0.1) is 12.3 Å². The highest BCUT2D eigenvalue weighted by molar-refractivity contribution is 5.75. The summed E-state index contributed by atoms with van der Waals surface area (Å²) < 4.78 is 0. The molecule has 126 valence electrons. The van der Waals surface area contributed by atoms with Gasteiger partial charge in [0.05, 0.1) is 11.1 Å². The van der Waals surface area contributed by atoms with Gasteiger partial charge in [-0.05, 0) is 46.6 Å². The van der Waals surface area contributed by atoms with Gasteiger partial charge in [0, 0.05) is 19.2 Å². The summed E-state index contributed by atoms with van der Waals surface area (Å²) in [5, 5.41) is 9.75. The summed E-state index contributed by atoms with van der Waals surface area (Å²) in [7, 11) is 0. The van der Waals surface area contributed by atoms with E-state index in [0.29, 0.717) is 37.4 Å². The second kappa shape index (κ2) is 7.08. The molecule has 2 heterocycles. The lowest BCUT2D eigenvalue weighted by Gasteiger charge is -2.39. The van der Waals surface area contributed by atoms with E-state index < -0.39 is 11.4 Å². The molecule has 1 aliphatic heterocycles. The maximum atomic E-state index is 11.9. The summed E-state index contributed by atoms with van der Waals surface area (Å²) >= 11 is 0. The summed E-state index contributed by atoms with van der Waals surface area (Å²) in [6.07, 6.45) is 4.08. The lowest BCUT2D eigenvalue weighted by Crippen LogP contribution is -2.47. The van der Waals surface area contributed by atoms with Crippen LogP contribution in [0.2, 0.25) is 0 Å². The number of aliphatic carboxylic acids is 1. The molecule has 0 radical (unpaired) electrons. The monoisotopic (exact) mass is 319 g/mol. The summed E-state index contributed by atoms with van der Waals surface area (Å²) in [6.45, 7) is 7.54. The number of allylic oxidation sites excluding steroid dienone is 2. The van der Waals surface area contributed by atoms with Crippen LogP contribution < -0.4 is 5.56 Å². The highest BCUT2D eigenvalue weighted by atomic mass is 16.4. The lowest BCUT2D eigenvalue weighted by atomic mass is 9.76. The van der Waals surface area contributed by atoms with Crippen molar-refractivity contribution in [1.82, 2.24) is 14.9 Å². The number of aromatic amines is 1. The fourth-order valence-corrected chi connectivity index (χ4v) is 3.14. The topological polar surface area (TPSA) is 86.3 Å². The van der Waals surface area contributed by atoms with Gasteiger partial charge in [0.1, 0.15) is 5.82 Å². The lowest BCUT2D eigenvalue weighted by molar-refractivity contribution is -0.152. The number of piperidine rings is 1. The molecule has 1 aromatic heterocycles. The van der Waals surface area contributed by atoms with Crippen LogP contribution in [0.25, 0.3) is 0 Å². The minimum Gasteiger partial charge on any atom is -0.481 e. The molecule has 2 rings (SSSR count). The zero-order valence-electron chi connectivity index (χ0n) is 14.1. The Balaban J connectivity index is 2.16. The predicted octanol–water partition coefficient (Wildman–Crippen LogP) is 2.10. The first-order chi connectivity index (χ1) is 10.8. The van der Waals surface area contributed by atoms with Gasteiger partial charge in [-0.15, -0.1) is 0 Å². The van der Waals surface area contributed by atoms with Crippen molar-refractivity contribution in [3.63, 3.8) is 0 Å². The summed E-state index contributed by atoms with van der Waals surface area (Å²) in [5.74, 6) is -0.159. The van der Waals surface area contributed by atoms with E-state index in [1.54, 1.807) is 6.92 Å². The minimum atomic E-state index is -0.744. The SMILES string of the molecule is CC(C)=CCC1(C(=O)O)CCCN(Cc2cc(=O)[nH]c(C)n2)C1. The van der Waals surface area contributed by atoms with Crippen LogP contribution in [0.3, 0.4) is 0 Å². The number of likely N-dealkylation sites (tertiary alicyclic amines) is 1. The van der Waals surface area contributed by atoms with E-state index in [2.05, 4.69) is 14.9 Å². The van der Waals surface area contributed by atoms with Crippen molar-refractivity contribution in [1.29, 1.82) is 0 Å². The smallest absolute Gasteiger partial charge is 0.311 e. The fourth-order valence-electron chi connectivity index (χ4n) is 3.14. The van der Waals surface area contributed by atoms with Crippen LogP contribution in [0.1, 0.15) is 44.6 Å². The molecule has 0 spiro atoms. The van der Waals surface area contributed by atoms with Gasteiger partial charge in [-0.1, -0.05) is 11.6 Å². The van der Waals surface area contributed by atoms with Crippen LogP contribution in [0.15, 0.2) is 22.5 Å². The van der Waals surface area contributed by atoms with Gasteiger partial charge in [-0.25, -0.2) is 4.98 Å². The highest BCUT2D eigenvalue weighted by Gasteiger charge is 2.41. The molecule has 6 nitrogen and oxygen atoms in total. The number of nitrogens with one attached hydrogen (secondary N) is 1. The number of hydrogen-bond donors (Lipinski definition) is 2. The molecule has 6 heteroatoms. The van der Waals surface area contributed by atoms with Crippen molar-refractivity contribution < 1.29 is 9.90 Å². The standard InChI is InChI=1S/C17H25N3O3/c1-12(2)5-7-17(16(22)23)6-4-8-20(11-17)10-14-9-15(21)19-13(3)18-14/h5,9H,4,6-8,10-11H2,1-3H3,(H,22,23)(H,18,19,21). The average molecular weight is 319 g/mol. The second-order valence-corrected chi connectivity index (χ2v) is 6.71. The molecule has 0 aliphatic carbocycles. The first-order valence-electron chi connectivity index (χ1n) is 7.97. The van der Waals surface area contributed by atoms with E-state index in [-0.39, 0.29) is 5.56 Å². The van der Waals surface area contributed by atoms with Crippen molar-refractivity contribution in [2.45, 2.75) is 46.6 Å². The maximum absolute atomic E-state index is 11.9. The molecular weight excluding hydrogens is 294 g/mol. The number of carboxylic acids is 1. The molecular formula is C17H25N3O3. The first kappa shape index (κ1) is 17.4. The van der Waals surface area contributed by atoms with Gasteiger partial charge in [0.15, 0.2) is 0 Å². The predicted molar refractivity (Wildman–Crippen MR) is 88.2 cm³/mol. The average Bonchev–Trinajstić information content (AvgIpc) is 2.44. The van der Waals surface area contributed by atoms with Gasteiger partial charge in [0.2, 0.25) is 0 Å². The number of carbonyl (C=O) groups is 1. The van der Waals surface area contributed by atoms with Crippen LogP contribution in [-0.4, -0.2) is 39.0 Å². The Labute approximate surface area is 136 Å². The first-order valence-corrected chi connectivity index (χ1v) is 7.97. The highest BCUT2D eigenvalue weighted by Crippen LogP contribution is 2.35. The Morgan fingerprint density at radius 3 is 2.87 bits per heavy atom. The van der Waals surface area contributed by atoms with Crippen LogP contribution in [0.5, 0.6) is 0 Å². The van der Waals surface area contributed by atoms with Crippen LogP contribution in [-0.2, 0) is 11.3 Å². The van der Waals surface area contributed by atoms with Crippen LogP contribution >= 0.6 is 0 Å². The summed E-state index contributed by atoms with van der Waals surface area (Å²) in [4.78, 5) is 32.5. The van der Waals surface area contributed by atoms with E-state index in [4.69, 9.17) is 0 Å². The number of aromatic nitrogens is 2. The number of nitrogens with zero attached hydrogens (tertiary/aromatic N) is 2. The Morgan fingerprint density at radius 2 is 2.26 bits per heavy atom. The van der Waals surface area contributed by atoms with Gasteiger partial charge in [-0.2, -0.15) is 0 Å². The Hall–Kier alpha value is -1.95. The Bertz CT molecular complexity index is 661.